The van der Waals surface area contributed by atoms with Crippen LogP contribution in [0.3, 0.4) is 0 Å². The van der Waals surface area contributed by atoms with Crippen LogP contribution in [0.4, 0.5) is 5.69 Å². The fraction of sp³-hybridized carbons (Fsp3) is 0.308. The number of carbonyl (C=O) groups is 3. The average molecular weight is 263 g/mol. The second kappa shape index (κ2) is 4.94. The third-order valence-electron chi connectivity index (χ3n) is 2.84. The highest BCUT2D eigenvalue weighted by Crippen LogP contribution is 2.38. The van der Waals surface area contributed by atoms with Crippen LogP contribution >= 0.6 is 11.8 Å². The molecule has 0 spiro atoms. The topological polar surface area (TPSA) is 63.2 Å². The first kappa shape index (κ1) is 12.8. The van der Waals surface area contributed by atoms with Gasteiger partial charge < -0.3 is 5.32 Å². The lowest BCUT2D eigenvalue weighted by Gasteiger charge is -2.27. The Morgan fingerprint density at radius 3 is 2.44 bits per heavy atom. The van der Waals surface area contributed by atoms with Gasteiger partial charge in [0.25, 0.3) is 0 Å². The van der Waals surface area contributed by atoms with Gasteiger partial charge in [0.2, 0.25) is 5.91 Å². The van der Waals surface area contributed by atoms with Crippen molar-refractivity contribution in [1.82, 2.24) is 0 Å². The highest BCUT2D eigenvalue weighted by molar-refractivity contribution is 8.01. The van der Waals surface area contributed by atoms with E-state index in [-0.39, 0.29) is 17.5 Å². The summed E-state index contributed by atoms with van der Waals surface area (Å²) in [6.45, 7) is 2.70. The van der Waals surface area contributed by atoms with E-state index in [2.05, 4.69) is 5.32 Å². The monoisotopic (exact) mass is 263 g/mol. The Hall–Kier alpha value is -1.62. The summed E-state index contributed by atoms with van der Waals surface area (Å²) in [5.41, 5.74) is 0.731. The van der Waals surface area contributed by atoms with Crippen molar-refractivity contribution in [3.8, 4) is 0 Å². The molecular formula is C13H13NO3S. The van der Waals surface area contributed by atoms with Gasteiger partial charge in [-0.05, 0) is 26.0 Å². The number of rotatable bonds is 3. The highest BCUT2D eigenvalue weighted by atomic mass is 32.2. The number of ketones is 2. The van der Waals surface area contributed by atoms with Gasteiger partial charge in [0.15, 0.2) is 0 Å². The Balaban J connectivity index is 2.34. The maximum atomic E-state index is 12.0. The van der Waals surface area contributed by atoms with Crippen LogP contribution in [0.25, 0.3) is 0 Å². The minimum atomic E-state index is -0.872. The van der Waals surface area contributed by atoms with E-state index in [0.29, 0.717) is 0 Å². The molecule has 0 radical (unpaired) electrons. The molecule has 0 saturated heterocycles. The predicted molar refractivity (Wildman–Crippen MR) is 69.6 cm³/mol. The molecule has 0 fully saturated rings. The summed E-state index contributed by atoms with van der Waals surface area (Å²) in [6, 6.07) is 7.35. The maximum Gasteiger partial charge on any atom is 0.239 e. The van der Waals surface area contributed by atoms with Gasteiger partial charge in [0.1, 0.15) is 16.8 Å². The van der Waals surface area contributed by atoms with Gasteiger partial charge in [0, 0.05) is 4.90 Å². The van der Waals surface area contributed by atoms with E-state index in [1.54, 1.807) is 6.07 Å². The van der Waals surface area contributed by atoms with E-state index < -0.39 is 11.2 Å². The number of fused-ring (bicyclic) bond motifs is 1. The standard InChI is InChI=1S/C13H13NO3S/c1-7(15)11(8(2)16)12-13(17)14-9-5-3-4-6-10(9)18-12/h3-6,11-12H,1-2H3,(H,14,17). The molecule has 1 N–H and O–H groups in total. The summed E-state index contributed by atoms with van der Waals surface area (Å²) in [5, 5.41) is 2.06. The first-order chi connectivity index (χ1) is 8.50. The molecule has 0 saturated carbocycles. The number of para-hydroxylation sites is 1. The summed E-state index contributed by atoms with van der Waals surface area (Å²) >= 11 is 1.28. The van der Waals surface area contributed by atoms with Gasteiger partial charge in [-0.3, -0.25) is 14.4 Å². The van der Waals surface area contributed by atoms with Crippen molar-refractivity contribution in [2.75, 3.05) is 5.32 Å². The van der Waals surface area contributed by atoms with Crippen LogP contribution in [0.5, 0.6) is 0 Å². The first-order valence-electron chi connectivity index (χ1n) is 5.58. The molecule has 1 aliphatic rings. The molecule has 1 atom stereocenters. The van der Waals surface area contributed by atoms with Crippen molar-refractivity contribution in [3.05, 3.63) is 24.3 Å². The second-order valence-corrected chi connectivity index (χ2v) is 5.41. The molecule has 1 aliphatic heterocycles. The zero-order valence-electron chi connectivity index (χ0n) is 10.1. The molecule has 1 aromatic carbocycles. The van der Waals surface area contributed by atoms with Gasteiger partial charge in [-0.1, -0.05) is 12.1 Å². The lowest BCUT2D eigenvalue weighted by Crippen LogP contribution is -2.41. The molecule has 5 heteroatoms. The minimum absolute atomic E-state index is 0.269. The number of nitrogens with one attached hydrogen (secondary N) is 1. The zero-order chi connectivity index (χ0) is 13.3. The number of benzene rings is 1. The molecule has 1 aromatic rings. The molecule has 0 aromatic heterocycles. The van der Waals surface area contributed by atoms with Gasteiger partial charge in [-0.2, -0.15) is 0 Å². The quantitative estimate of drug-likeness (QED) is 0.846. The van der Waals surface area contributed by atoms with Gasteiger partial charge in [-0.25, -0.2) is 0 Å². The van der Waals surface area contributed by atoms with Crippen molar-refractivity contribution in [2.24, 2.45) is 5.92 Å². The number of Topliss-reactive ketones (excluding diaryl/α,β-unsaturated/α-hetero) is 2. The number of anilines is 1. The zero-order valence-corrected chi connectivity index (χ0v) is 10.9. The van der Waals surface area contributed by atoms with Crippen LogP contribution in [-0.2, 0) is 14.4 Å². The SMILES string of the molecule is CC(=O)C(C(C)=O)C1Sc2ccccc2NC1=O. The molecular weight excluding hydrogens is 250 g/mol. The van der Waals surface area contributed by atoms with Crippen molar-refractivity contribution in [3.63, 3.8) is 0 Å². The second-order valence-electron chi connectivity index (χ2n) is 4.22. The molecule has 0 bridgehead atoms. The lowest BCUT2D eigenvalue weighted by atomic mass is 9.95. The van der Waals surface area contributed by atoms with Crippen LogP contribution < -0.4 is 5.32 Å². The van der Waals surface area contributed by atoms with E-state index in [1.807, 2.05) is 18.2 Å². The lowest BCUT2D eigenvalue weighted by molar-refractivity contribution is -0.133. The van der Waals surface area contributed by atoms with Gasteiger partial charge >= 0.3 is 0 Å². The Bertz CT molecular complexity index is 513. The molecule has 4 nitrogen and oxygen atoms in total. The Morgan fingerprint density at radius 1 is 1.22 bits per heavy atom. The summed E-state index contributed by atoms with van der Waals surface area (Å²) in [7, 11) is 0. The predicted octanol–water partition coefficient (Wildman–Crippen LogP) is 1.89. The summed E-state index contributed by atoms with van der Waals surface area (Å²) in [6.07, 6.45) is 0. The van der Waals surface area contributed by atoms with E-state index in [9.17, 15) is 14.4 Å². The smallest absolute Gasteiger partial charge is 0.239 e. The van der Waals surface area contributed by atoms with Crippen LogP contribution in [-0.4, -0.2) is 22.7 Å². The van der Waals surface area contributed by atoms with Gasteiger partial charge in [-0.15, -0.1) is 11.8 Å². The molecule has 94 valence electrons. The summed E-state index contributed by atoms with van der Waals surface area (Å²) in [5.74, 6) is -1.69. The van der Waals surface area contributed by atoms with Crippen LogP contribution in [0.15, 0.2) is 29.2 Å². The van der Waals surface area contributed by atoms with Crippen molar-refractivity contribution >= 4 is 34.9 Å². The molecule has 1 heterocycles. The molecule has 1 unspecified atom stereocenters. The number of amides is 1. The van der Waals surface area contributed by atoms with E-state index in [1.165, 1.54) is 25.6 Å². The molecule has 2 rings (SSSR count). The Labute approximate surface area is 109 Å². The number of thioether (sulfide) groups is 1. The molecule has 1 amide bonds. The minimum Gasteiger partial charge on any atom is -0.324 e. The van der Waals surface area contributed by atoms with Gasteiger partial charge in [0.05, 0.1) is 11.6 Å². The third kappa shape index (κ3) is 2.31. The fourth-order valence-corrected chi connectivity index (χ4v) is 3.36. The number of hydrogen-bond donors (Lipinski definition) is 1. The van der Waals surface area contributed by atoms with Crippen LogP contribution in [0.2, 0.25) is 0 Å². The number of carbonyl (C=O) groups excluding carboxylic acids is 3. The Morgan fingerprint density at radius 2 is 1.83 bits per heavy atom. The molecule has 0 aliphatic carbocycles. The van der Waals surface area contributed by atoms with E-state index in [0.717, 1.165) is 10.6 Å². The van der Waals surface area contributed by atoms with Crippen LogP contribution in [0, 0.1) is 5.92 Å². The summed E-state index contributed by atoms with van der Waals surface area (Å²) < 4.78 is 0. The fourth-order valence-electron chi connectivity index (χ4n) is 2.00. The Kier molecular flexibility index (Phi) is 3.52. The van der Waals surface area contributed by atoms with E-state index in [4.69, 9.17) is 0 Å². The normalized spacial score (nSPS) is 18.2. The highest BCUT2D eigenvalue weighted by Gasteiger charge is 2.38. The summed E-state index contributed by atoms with van der Waals surface area (Å²) in [4.78, 5) is 35.9. The average Bonchev–Trinajstić information content (AvgIpc) is 2.29. The number of hydrogen-bond acceptors (Lipinski definition) is 4. The van der Waals surface area contributed by atoms with Crippen molar-refractivity contribution in [2.45, 2.75) is 24.0 Å². The first-order valence-corrected chi connectivity index (χ1v) is 6.46. The largest absolute Gasteiger partial charge is 0.324 e. The maximum absolute atomic E-state index is 12.0. The van der Waals surface area contributed by atoms with E-state index >= 15 is 0 Å². The van der Waals surface area contributed by atoms with Crippen LogP contribution in [0.1, 0.15) is 13.8 Å². The molecule has 18 heavy (non-hydrogen) atoms. The third-order valence-corrected chi connectivity index (χ3v) is 4.19. The van der Waals surface area contributed by atoms with Crippen molar-refractivity contribution < 1.29 is 14.4 Å². The van der Waals surface area contributed by atoms with Crippen molar-refractivity contribution in [1.29, 1.82) is 0 Å².